The van der Waals surface area contributed by atoms with Gasteiger partial charge in [0.15, 0.2) is 5.78 Å². The lowest BCUT2D eigenvalue weighted by atomic mass is 9.94. The van der Waals surface area contributed by atoms with E-state index in [2.05, 4.69) is 0 Å². The van der Waals surface area contributed by atoms with E-state index in [1.165, 1.54) is 24.3 Å². The average Bonchev–Trinajstić information content (AvgIpc) is 2.96. The van der Waals surface area contributed by atoms with Crippen LogP contribution in [0.15, 0.2) is 24.3 Å². The number of benzene rings is 1. The highest BCUT2D eigenvalue weighted by Crippen LogP contribution is 2.59. The van der Waals surface area contributed by atoms with Crippen LogP contribution in [-0.4, -0.2) is 12.0 Å². The van der Waals surface area contributed by atoms with Crippen molar-refractivity contribution in [2.75, 3.05) is 0 Å². The number of carbonyl (C=O) groups is 1. The van der Waals surface area contributed by atoms with E-state index in [0.29, 0.717) is 0 Å². The summed E-state index contributed by atoms with van der Waals surface area (Å²) in [6.07, 6.45) is -4.71. The molecule has 1 fully saturated rings. The molecule has 1 aromatic carbocycles. The number of halogens is 4. The van der Waals surface area contributed by atoms with E-state index in [0.717, 1.165) is 0 Å². The predicted octanol–water partition coefficient (Wildman–Crippen LogP) is 3.87. The molecule has 1 aliphatic carbocycles. The molecular formula is C11H8ClF3O. The second-order valence-electron chi connectivity index (χ2n) is 3.92. The Hall–Kier alpha value is -1.03. The van der Waals surface area contributed by atoms with Gasteiger partial charge in [-0.2, -0.15) is 13.2 Å². The highest BCUT2D eigenvalue weighted by atomic mass is 35.5. The molecule has 86 valence electrons. The van der Waals surface area contributed by atoms with Gasteiger partial charge in [-0.1, -0.05) is 23.7 Å². The molecule has 0 heterocycles. The molecule has 1 aromatic rings. The first-order chi connectivity index (χ1) is 7.37. The largest absolute Gasteiger partial charge is 0.401 e. The Bertz CT molecular complexity index is 435. The van der Waals surface area contributed by atoms with E-state index >= 15 is 0 Å². The van der Waals surface area contributed by atoms with Gasteiger partial charge in [0.2, 0.25) is 0 Å². The van der Waals surface area contributed by atoms with Gasteiger partial charge in [0.05, 0.1) is 0 Å². The van der Waals surface area contributed by atoms with Crippen LogP contribution < -0.4 is 0 Å². The van der Waals surface area contributed by atoms with Crippen molar-refractivity contribution in [1.29, 1.82) is 0 Å². The summed E-state index contributed by atoms with van der Waals surface area (Å²) < 4.78 is 38.0. The zero-order valence-corrected chi connectivity index (χ0v) is 8.90. The Kier molecular flexibility index (Phi) is 2.49. The SMILES string of the molecule is O=C(c1cccc(Cl)c1)C1(C(F)(F)F)CC1. The minimum atomic E-state index is -4.47. The normalized spacial score (nSPS) is 18.2. The Morgan fingerprint density at radius 3 is 2.38 bits per heavy atom. The van der Waals surface area contributed by atoms with E-state index in [1.54, 1.807) is 0 Å². The van der Waals surface area contributed by atoms with Crippen molar-refractivity contribution in [3.05, 3.63) is 34.9 Å². The van der Waals surface area contributed by atoms with E-state index in [-0.39, 0.29) is 23.4 Å². The molecular weight excluding hydrogens is 241 g/mol. The van der Waals surface area contributed by atoms with Crippen LogP contribution in [0.5, 0.6) is 0 Å². The summed E-state index contributed by atoms with van der Waals surface area (Å²) in [6.45, 7) is 0. The van der Waals surface area contributed by atoms with Crippen LogP contribution in [-0.2, 0) is 0 Å². The van der Waals surface area contributed by atoms with E-state index in [9.17, 15) is 18.0 Å². The Morgan fingerprint density at radius 1 is 1.31 bits per heavy atom. The summed E-state index contributed by atoms with van der Waals surface area (Å²) in [5.74, 6) is -0.873. The second-order valence-corrected chi connectivity index (χ2v) is 4.36. The van der Waals surface area contributed by atoms with E-state index < -0.39 is 17.4 Å². The number of hydrogen-bond acceptors (Lipinski definition) is 1. The maximum absolute atomic E-state index is 12.7. The quantitative estimate of drug-likeness (QED) is 0.726. The number of hydrogen-bond donors (Lipinski definition) is 0. The van der Waals surface area contributed by atoms with Crippen LogP contribution in [0, 0.1) is 5.41 Å². The van der Waals surface area contributed by atoms with Crippen LogP contribution >= 0.6 is 11.6 Å². The van der Waals surface area contributed by atoms with Gasteiger partial charge in [0, 0.05) is 10.6 Å². The lowest BCUT2D eigenvalue weighted by Gasteiger charge is -2.17. The summed E-state index contributed by atoms with van der Waals surface area (Å²) >= 11 is 5.64. The molecule has 0 spiro atoms. The predicted molar refractivity (Wildman–Crippen MR) is 53.5 cm³/mol. The molecule has 0 aromatic heterocycles. The monoisotopic (exact) mass is 248 g/mol. The van der Waals surface area contributed by atoms with Crippen LogP contribution in [0.25, 0.3) is 0 Å². The van der Waals surface area contributed by atoms with Gasteiger partial charge in [0.25, 0.3) is 0 Å². The summed E-state index contributed by atoms with van der Waals surface area (Å²) in [4.78, 5) is 11.7. The maximum atomic E-state index is 12.7. The fourth-order valence-corrected chi connectivity index (χ4v) is 1.86. The number of Topliss-reactive ketones (excluding diaryl/α,β-unsaturated/α-hetero) is 1. The minimum absolute atomic E-state index is 0.0299. The van der Waals surface area contributed by atoms with Gasteiger partial charge in [-0.15, -0.1) is 0 Å². The molecule has 0 atom stereocenters. The van der Waals surface area contributed by atoms with Crippen molar-refractivity contribution < 1.29 is 18.0 Å². The van der Waals surface area contributed by atoms with Crippen molar-refractivity contribution in [1.82, 2.24) is 0 Å². The molecule has 16 heavy (non-hydrogen) atoms. The number of rotatable bonds is 2. The molecule has 0 saturated heterocycles. The van der Waals surface area contributed by atoms with Crippen molar-refractivity contribution in [3.63, 3.8) is 0 Å². The van der Waals surface area contributed by atoms with Crippen LogP contribution in [0.2, 0.25) is 5.02 Å². The smallest absolute Gasteiger partial charge is 0.293 e. The number of ketones is 1. The van der Waals surface area contributed by atoms with Crippen molar-refractivity contribution in [3.8, 4) is 0 Å². The Balaban J connectivity index is 2.34. The summed E-state index contributed by atoms with van der Waals surface area (Å²) in [6, 6.07) is 5.63. The summed E-state index contributed by atoms with van der Waals surface area (Å²) in [7, 11) is 0. The van der Waals surface area contributed by atoms with Crippen LogP contribution in [0.3, 0.4) is 0 Å². The maximum Gasteiger partial charge on any atom is 0.401 e. The van der Waals surface area contributed by atoms with Crippen molar-refractivity contribution in [2.24, 2.45) is 5.41 Å². The highest BCUT2D eigenvalue weighted by molar-refractivity contribution is 6.31. The van der Waals surface area contributed by atoms with Crippen LogP contribution in [0.4, 0.5) is 13.2 Å². The van der Waals surface area contributed by atoms with Gasteiger partial charge in [-0.25, -0.2) is 0 Å². The molecule has 0 N–H and O–H groups in total. The molecule has 0 aliphatic heterocycles. The lowest BCUT2D eigenvalue weighted by molar-refractivity contribution is -0.171. The average molecular weight is 249 g/mol. The van der Waals surface area contributed by atoms with Gasteiger partial charge >= 0.3 is 6.18 Å². The standard InChI is InChI=1S/C11H8ClF3O/c12-8-3-1-2-7(6-8)9(16)10(4-5-10)11(13,14)15/h1-3,6H,4-5H2. The molecule has 5 heteroatoms. The minimum Gasteiger partial charge on any atom is -0.293 e. The third kappa shape index (κ3) is 1.71. The van der Waals surface area contributed by atoms with Gasteiger partial charge in [0.1, 0.15) is 5.41 Å². The van der Waals surface area contributed by atoms with E-state index in [4.69, 9.17) is 11.6 Å². The fourth-order valence-electron chi connectivity index (χ4n) is 1.67. The molecule has 1 aliphatic rings. The zero-order chi connectivity index (χ0) is 12.0. The first kappa shape index (κ1) is 11.5. The highest BCUT2D eigenvalue weighted by Gasteiger charge is 2.68. The molecule has 0 bridgehead atoms. The van der Waals surface area contributed by atoms with Gasteiger partial charge in [-0.3, -0.25) is 4.79 Å². The second kappa shape index (κ2) is 3.48. The molecule has 1 nitrogen and oxygen atoms in total. The fraction of sp³-hybridized carbons (Fsp3) is 0.364. The third-order valence-corrected chi connectivity index (χ3v) is 3.05. The van der Waals surface area contributed by atoms with Gasteiger partial charge in [-0.05, 0) is 25.0 Å². The summed E-state index contributed by atoms with van der Waals surface area (Å²) in [5, 5.41) is 0.267. The number of alkyl halides is 3. The van der Waals surface area contributed by atoms with Crippen molar-refractivity contribution >= 4 is 17.4 Å². The van der Waals surface area contributed by atoms with Crippen LogP contribution in [0.1, 0.15) is 23.2 Å². The Labute approximate surface area is 95.2 Å². The Morgan fingerprint density at radius 2 is 1.94 bits per heavy atom. The first-order valence-electron chi connectivity index (χ1n) is 4.74. The first-order valence-corrected chi connectivity index (χ1v) is 5.12. The summed E-state index contributed by atoms with van der Waals surface area (Å²) in [5.41, 5.74) is -2.13. The van der Waals surface area contributed by atoms with Gasteiger partial charge < -0.3 is 0 Å². The zero-order valence-electron chi connectivity index (χ0n) is 8.14. The van der Waals surface area contributed by atoms with Crippen molar-refractivity contribution in [2.45, 2.75) is 19.0 Å². The third-order valence-electron chi connectivity index (χ3n) is 2.81. The lowest BCUT2D eigenvalue weighted by Crippen LogP contribution is -2.32. The van der Waals surface area contributed by atoms with E-state index in [1.807, 2.05) is 0 Å². The molecule has 2 rings (SSSR count). The molecule has 0 radical (unpaired) electrons. The topological polar surface area (TPSA) is 17.1 Å². The molecule has 0 unspecified atom stereocenters. The molecule has 1 saturated carbocycles. The molecule has 0 amide bonds. The number of carbonyl (C=O) groups excluding carboxylic acids is 1.